The lowest BCUT2D eigenvalue weighted by atomic mass is 10.1. The fraction of sp³-hybridized carbons (Fsp3) is 0.800. The van der Waals surface area contributed by atoms with Crippen molar-refractivity contribution in [2.75, 3.05) is 0 Å². The molecule has 2 unspecified atom stereocenters. The molecule has 0 aromatic heterocycles. The smallest absolute Gasteiger partial charge is 0.320 e. The second-order valence-electron chi connectivity index (χ2n) is 3.75. The molecule has 0 rings (SSSR count). The Hall–Kier alpha value is -1.10. The van der Waals surface area contributed by atoms with Gasteiger partial charge in [0.05, 0.1) is 0 Å². The molecule has 5 nitrogen and oxygen atoms in total. The minimum atomic E-state index is -0.931. The third kappa shape index (κ3) is 6.90. The van der Waals surface area contributed by atoms with E-state index in [4.69, 9.17) is 10.8 Å². The molecular weight excluding hydrogens is 196 g/mol. The van der Waals surface area contributed by atoms with E-state index in [2.05, 4.69) is 5.32 Å². The zero-order valence-electron chi connectivity index (χ0n) is 9.32. The summed E-state index contributed by atoms with van der Waals surface area (Å²) in [6, 6.07) is -0.539. The topological polar surface area (TPSA) is 92.4 Å². The summed E-state index contributed by atoms with van der Waals surface area (Å²) in [6.45, 7) is 3.97. The monoisotopic (exact) mass is 216 g/mol. The fourth-order valence-electron chi connectivity index (χ4n) is 1.42. The Labute approximate surface area is 90.0 Å². The number of rotatable bonds is 8. The fourth-order valence-corrected chi connectivity index (χ4v) is 1.42. The number of carboxylic acid groups (broad SMARTS) is 1. The van der Waals surface area contributed by atoms with E-state index in [0.717, 1.165) is 12.8 Å². The molecule has 15 heavy (non-hydrogen) atoms. The van der Waals surface area contributed by atoms with E-state index in [1.807, 2.05) is 13.8 Å². The summed E-state index contributed by atoms with van der Waals surface area (Å²) >= 11 is 0. The van der Waals surface area contributed by atoms with Gasteiger partial charge in [-0.2, -0.15) is 0 Å². The maximum Gasteiger partial charge on any atom is 0.320 e. The Bertz CT molecular complexity index is 219. The summed E-state index contributed by atoms with van der Waals surface area (Å²) in [5.74, 6) is -1.40. The Balaban J connectivity index is 4.04. The van der Waals surface area contributed by atoms with Gasteiger partial charge in [-0.25, -0.2) is 0 Å². The predicted molar refractivity (Wildman–Crippen MR) is 57.4 cm³/mol. The number of primary amides is 1. The van der Waals surface area contributed by atoms with Crippen molar-refractivity contribution in [2.24, 2.45) is 5.73 Å². The van der Waals surface area contributed by atoms with Crippen LogP contribution in [0.5, 0.6) is 0 Å². The van der Waals surface area contributed by atoms with Crippen LogP contribution >= 0.6 is 0 Å². The van der Waals surface area contributed by atoms with Gasteiger partial charge in [0.15, 0.2) is 0 Å². The van der Waals surface area contributed by atoms with Crippen molar-refractivity contribution in [3.63, 3.8) is 0 Å². The summed E-state index contributed by atoms with van der Waals surface area (Å²) in [6.07, 6.45) is 2.26. The number of carbonyl (C=O) groups is 2. The van der Waals surface area contributed by atoms with Gasteiger partial charge < -0.3 is 16.2 Å². The van der Waals surface area contributed by atoms with Gasteiger partial charge in [-0.05, 0) is 19.8 Å². The van der Waals surface area contributed by atoms with Crippen molar-refractivity contribution in [1.82, 2.24) is 5.32 Å². The van der Waals surface area contributed by atoms with Gasteiger partial charge in [0.25, 0.3) is 0 Å². The van der Waals surface area contributed by atoms with Crippen molar-refractivity contribution in [3.05, 3.63) is 0 Å². The molecular formula is C10H20N2O3. The zero-order chi connectivity index (χ0) is 11.8. The third-order valence-corrected chi connectivity index (χ3v) is 2.18. The van der Waals surface area contributed by atoms with Crippen LogP contribution in [0.2, 0.25) is 0 Å². The Morgan fingerprint density at radius 3 is 2.40 bits per heavy atom. The number of nitrogens with one attached hydrogen (secondary N) is 1. The number of carbonyl (C=O) groups excluding carboxylic acids is 1. The molecule has 0 saturated heterocycles. The van der Waals surface area contributed by atoms with Gasteiger partial charge in [0, 0.05) is 12.5 Å². The van der Waals surface area contributed by atoms with Crippen molar-refractivity contribution in [3.8, 4) is 0 Å². The lowest BCUT2D eigenvalue weighted by Crippen LogP contribution is -2.42. The molecule has 0 aliphatic rings. The average molecular weight is 216 g/mol. The molecule has 0 heterocycles. The van der Waals surface area contributed by atoms with E-state index < -0.39 is 17.9 Å². The molecule has 1 amide bonds. The lowest BCUT2D eigenvalue weighted by molar-refractivity contribution is -0.140. The maximum absolute atomic E-state index is 10.8. The van der Waals surface area contributed by atoms with Crippen LogP contribution < -0.4 is 11.1 Å². The first-order valence-corrected chi connectivity index (χ1v) is 5.24. The van der Waals surface area contributed by atoms with Crippen LogP contribution in [-0.4, -0.2) is 29.1 Å². The molecule has 0 spiro atoms. The summed E-state index contributed by atoms with van der Waals surface area (Å²) in [7, 11) is 0. The van der Waals surface area contributed by atoms with Crippen molar-refractivity contribution < 1.29 is 14.7 Å². The van der Waals surface area contributed by atoms with Gasteiger partial charge in [-0.3, -0.25) is 9.59 Å². The SMILES string of the molecule is CCCC(C)NC(CCC(N)=O)C(=O)O. The third-order valence-electron chi connectivity index (χ3n) is 2.18. The van der Waals surface area contributed by atoms with Gasteiger partial charge in [0.1, 0.15) is 6.04 Å². The molecule has 2 atom stereocenters. The van der Waals surface area contributed by atoms with E-state index in [0.29, 0.717) is 0 Å². The first-order valence-electron chi connectivity index (χ1n) is 5.24. The van der Waals surface area contributed by atoms with E-state index in [9.17, 15) is 9.59 Å². The summed E-state index contributed by atoms with van der Waals surface area (Å²) in [4.78, 5) is 21.4. The summed E-state index contributed by atoms with van der Waals surface area (Å²) in [5.41, 5.74) is 4.97. The van der Waals surface area contributed by atoms with E-state index in [-0.39, 0.29) is 18.9 Å². The van der Waals surface area contributed by atoms with Crippen LogP contribution in [0, 0.1) is 0 Å². The highest BCUT2D eigenvalue weighted by Gasteiger charge is 2.19. The second-order valence-corrected chi connectivity index (χ2v) is 3.75. The number of amides is 1. The van der Waals surface area contributed by atoms with Gasteiger partial charge in [-0.1, -0.05) is 13.3 Å². The lowest BCUT2D eigenvalue weighted by Gasteiger charge is -2.19. The molecule has 0 aromatic carbocycles. The number of hydrogen-bond acceptors (Lipinski definition) is 3. The molecule has 88 valence electrons. The maximum atomic E-state index is 10.8. The van der Waals surface area contributed by atoms with Crippen molar-refractivity contribution in [1.29, 1.82) is 0 Å². The van der Waals surface area contributed by atoms with E-state index >= 15 is 0 Å². The zero-order valence-corrected chi connectivity index (χ0v) is 9.32. The number of hydrogen-bond donors (Lipinski definition) is 3. The first kappa shape index (κ1) is 13.9. The first-order chi connectivity index (χ1) is 6.97. The molecule has 0 aromatic rings. The van der Waals surface area contributed by atoms with Crippen LogP contribution in [0.3, 0.4) is 0 Å². The van der Waals surface area contributed by atoms with E-state index in [1.165, 1.54) is 0 Å². The van der Waals surface area contributed by atoms with Gasteiger partial charge in [0.2, 0.25) is 5.91 Å². The minimum Gasteiger partial charge on any atom is -0.480 e. The quantitative estimate of drug-likeness (QED) is 0.550. The molecule has 0 aliphatic heterocycles. The van der Waals surface area contributed by atoms with Crippen LogP contribution in [0.1, 0.15) is 39.5 Å². The second kappa shape index (κ2) is 7.23. The average Bonchev–Trinajstić information content (AvgIpc) is 2.11. The number of aliphatic carboxylic acids is 1. The Morgan fingerprint density at radius 2 is 2.00 bits per heavy atom. The standard InChI is InChI=1S/C10H20N2O3/c1-3-4-7(2)12-8(10(14)15)5-6-9(11)13/h7-8,12H,3-6H2,1-2H3,(H2,11,13)(H,14,15). The van der Waals surface area contributed by atoms with Gasteiger partial charge in [-0.15, -0.1) is 0 Å². The molecule has 4 N–H and O–H groups in total. The highest BCUT2D eigenvalue weighted by atomic mass is 16.4. The summed E-state index contributed by atoms with van der Waals surface area (Å²) in [5, 5.41) is 11.9. The minimum absolute atomic E-state index is 0.100. The molecule has 0 bridgehead atoms. The van der Waals surface area contributed by atoms with Crippen molar-refractivity contribution >= 4 is 11.9 Å². The number of carboxylic acids is 1. The number of nitrogens with two attached hydrogens (primary N) is 1. The Kier molecular flexibility index (Phi) is 6.70. The normalized spacial score (nSPS) is 14.5. The largest absolute Gasteiger partial charge is 0.480 e. The molecule has 0 aliphatic carbocycles. The highest BCUT2D eigenvalue weighted by Crippen LogP contribution is 2.02. The van der Waals surface area contributed by atoms with Crippen LogP contribution in [0.15, 0.2) is 0 Å². The molecule has 0 saturated carbocycles. The predicted octanol–water partition coefficient (Wildman–Crippen LogP) is 0.483. The van der Waals surface area contributed by atoms with E-state index in [1.54, 1.807) is 0 Å². The molecule has 0 fully saturated rings. The Morgan fingerprint density at radius 1 is 1.40 bits per heavy atom. The molecule has 5 heteroatoms. The highest BCUT2D eigenvalue weighted by molar-refractivity contribution is 5.77. The van der Waals surface area contributed by atoms with Crippen molar-refractivity contribution in [2.45, 2.75) is 51.6 Å². The van der Waals surface area contributed by atoms with Gasteiger partial charge >= 0.3 is 5.97 Å². The van der Waals surface area contributed by atoms with Crippen LogP contribution in [0.4, 0.5) is 0 Å². The van der Waals surface area contributed by atoms with Crippen LogP contribution in [0.25, 0.3) is 0 Å². The molecule has 0 radical (unpaired) electrons. The van der Waals surface area contributed by atoms with Crippen LogP contribution in [-0.2, 0) is 9.59 Å². The summed E-state index contributed by atoms with van der Waals surface area (Å²) < 4.78 is 0.